The number of hydrogen-bond donors (Lipinski definition) is 2. The second-order valence-electron chi connectivity index (χ2n) is 6.29. The zero-order valence-corrected chi connectivity index (χ0v) is 16.7. The summed E-state index contributed by atoms with van der Waals surface area (Å²) in [7, 11) is 0. The van der Waals surface area contributed by atoms with Crippen LogP contribution in [0.3, 0.4) is 0 Å². The molecule has 0 radical (unpaired) electrons. The quantitative estimate of drug-likeness (QED) is 0.606. The predicted octanol–water partition coefficient (Wildman–Crippen LogP) is 3.40. The van der Waals surface area contributed by atoms with Crippen LogP contribution < -0.4 is 11.1 Å². The summed E-state index contributed by atoms with van der Waals surface area (Å²) in [4.78, 5) is 41.3. The van der Waals surface area contributed by atoms with E-state index in [1.807, 2.05) is 17.5 Å². The first kappa shape index (κ1) is 20.2. The zero-order valence-electron chi connectivity index (χ0n) is 15.8. The summed E-state index contributed by atoms with van der Waals surface area (Å²) in [5.74, 6) is -1.68. The van der Waals surface area contributed by atoms with Crippen molar-refractivity contribution in [1.82, 2.24) is 4.98 Å². The average Bonchev–Trinajstić information content (AvgIpc) is 3.23. The lowest BCUT2D eigenvalue weighted by atomic mass is 10.1. The number of ether oxygens (including phenoxy) is 1. The molecule has 29 heavy (non-hydrogen) atoms. The van der Waals surface area contributed by atoms with Crippen molar-refractivity contribution in [2.45, 2.75) is 20.0 Å². The van der Waals surface area contributed by atoms with E-state index in [4.69, 9.17) is 10.5 Å². The fourth-order valence-corrected chi connectivity index (χ4v) is 3.27. The lowest BCUT2D eigenvalue weighted by molar-refractivity contribution is -0.123. The number of aromatic nitrogens is 1. The van der Waals surface area contributed by atoms with Crippen molar-refractivity contribution in [2.75, 3.05) is 5.32 Å². The SMILES string of the molecule is Cc1nc(-c2cccs2)ccc1C(=O)OC(C)C(=O)Nc1ccc(C(N)=O)cc1. The van der Waals surface area contributed by atoms with Crippen LogP contribution in [-0.4, -0.2) is 28.9 Å². The van der Waals surface area contributed by atoms with Gasteiger partial charge in [-0.1, -0.05) is 6.07 Å². The summed E-state index contributed by atoms with van der Waals surface area (Å²) in [5, 5.41) is 4.58. The minimum absolute atomic E-state index is 0.302. The standard InChI is InChI=1S/C21H19N3O4S/c1-12-16(9-10-17(23-12)18-4-3-11-29-18)21(27)28-13(2)20(26)24-15-7-5-14(6-8-15)19(22)25/h3-11,13H,1-2H3,(H2,22,25)(H,24,26). The smallest absolute Gasteiger partial charge is 0.340 e. The van der Waals surface area contributed by atoms with Gasteiger partial charge in [0.05, 0.1) is 21.8 Å². The Morgan fingerprint density at radius 1 is 1.10 bits per heavy atom. The molecule has 148 valence electrons. The lowest BCUT2D eigenvalue weighted by Gasteiger charge is -2.14. The van der Waals surface area contributed by atoms with Crippen LogP contribution in [0.25, 0.3) is 10.6 Å². The Morgan fingerprint density at radius 3 is 2.41 bits per heavy atom. The number of nitrogens with zero attached hydrogens (tertiary/aromatic N) is 1. The molecule has 3 rings (SSSR count). The second-order valence-corrected chi connectivity index (χ2v) is 7.23. The van der Waals surface area contributed by atoms with Gasteiger partial charge < -0.3 is 15.8 Å². The van der Waals surface area contributed by atoms with Gasteiger partial charge in [0.25, 0.3) is 5.91 Å². The van der Waals surface area contributed by atoms with E-state index in [1.165, 1.54) is 19.1 Å². The van der Waals surface area contributed by atoms with Crippen LogP contribution in [0.5, 0.6) is 0 Å². The third-order valence-corrected chi connectivity index (χ3v) is 5.06. The Morgan fingerprint density at radius 2 is 1.83 bits per heavy atom. The molecule has 2 amide bonds. The van der Waals surface area contributed by atoms with Gasteiger partial charge in [0.15, 0.2) is 6.10 Å². The van der Waals surface area contributed by atoms with E-state index in [0.717, 1.165) is 10.6 Å². The van der Waals surface area contributed by atoms with Crippen molar-refractivity contribution in [2.24, 2.45) is 5.73 Å². The molecule has 0 fully saturated rings. The van der Waals surface area contributed by atoms with Gasteiger partial charge in [-0.25, -0.2) is 4.79 Å². The predicted molar refractivity (Wildman–Crippen MR) is 111 cm³/mol. The summed E-state index contributed by atoms with van der Waals surface area (Å²) < 4.78 is 5.28. The van der Waals surface area contributed by atoms with Crippen molar-refractivity contribution in [3.63, 3.8) is 0 Å². The molecule has 2 aromatic heterocycles. The third-order valence-electron chi connectivity index (χ3n) is 4.17. The highest BCUT2D eigenvalue weighted by Gasteiger charge is 2.21. The molecule has 1 atom stereocenters. The molecular weight excluding hydrogens is 390 g/mol. The third kappa shape index (κ3) is 4.85. The molecule has 1 aromatic carbocycles. The molecule has 0 bridgehead atoms. The summed E-state index contributed by atoms with van der Waals surface area (Å²) in [6.07, 6.45) is -1.02. The summed E-state index contributed by atoms with van der Waals surface area (Å²) in [6, 6.07) is 13.4. The van der Waals surface area contributed by atoms with Crippen LogP contribution in [-0.2, 0) is 9.53 Å². The van der Waals surface area contributed by atoms with E-state index in [9.17, 15) is 14.4 Å². The molecule has 0 saturated carbocycles. The number of esters is 1. The number of hydrogen-bond acceptors (Lipinski definition) is 6. The van der Waals surface area contributed by atoms with Gasteiger partial charge in [-0.15, -0.1) is 11.3 Å². The van der Waals surface area contributed by atoms with Crippen LogP contribution in [0, 0.1) is 6.92 Å². The molecule has 0 aliphatic carbocycles. The van der Waals surface area contributed by atoms with Gasteiger partial charge >= 0.3 is 5.97 Å². The molecule has 2 heterocycles. The molecular formula is C21H19N3O4S. The minimum atomic E-state index is -1.02. The van der Waals surface area contributed by atoms with Crippen LogP contribution in [0.4, 0.5) is 5.69 Å². The Balaban J connectivity index is 1.63. The number of carbonyl (C=O) groups excluding carboxylic acids is 3. The molecule has 0 saturated heterocycles. The van der Waals surface area contributed by atoms with Crippen molar-refractivity contribution < 1.29 is 19.1 Å². The van der Waals surface area contributed by atoms with Crippen LogP contribution in [0.2, 0.25) is 0 Å². The Bertz CT molecular complexity index is 1050. The zero-order chi connectivity index (χ0) is 21.0. The number of anilines is 1. The van der Waals surface area contributed by atoms with E-state index in [2.05, 4.69) is 10.3 Å². The molecule has 0 aliphatic heterocycles. The number of aryl methyl sites for hydroxylation is 1. The largest absolute Gasteiger partial charge is 0.449 e. The number of rotatable bonds is 6. The van der Waals surface area contributed by atoms with E-state index >= 15 is 0 Å². The molecule has 0 spiro atoms. The van der Waals surface area contributed by atoms with E-state index in [-0.39, 0.29) is 0 Å². The molecule has 3 aromatic rings. The number of benzene rings is 1. The summed E-state index contributed by atoms with van der Waals surface area (Å²) in [6.45, 7) is 3.20. The van der Waals surface area contributed by atoms with Crippen LogP contribution >= 0.6 is 11.3 Å². The topological polar surface area (TPSA) is 111 Å². The molecule has 0 aliphatic rings. The van der Waals surface area contributed by atoms with Crippen LogP contribution in [0.15, 0.2) is 53.9 Å². The maximum absolute atomic E-state index is 12.5. The number of thiophene rings is 1. The first-order valence-corrected chi connectivity index (χ1v) is 9.66. The Kier molecular flexibility index (Phi) is 6.04. The lowest BCUT2D eigenvalue weighted by Crippen LogP contribution is -2.30. The average molecular weight is 409 g/mol. The molecule has 3 N–H and O–H groups in total. The fraction of sp³-hybridized carbons (Fsp3) is 0.143. The number of pyridine rings is 1. The first-order chi connectivity index (χ1) is 13.8. The normalized spacial score (nSPS) is 11.5. The maximum Gasteiger partial charge on any atom is 0.340 e. The summed E-state index contributed by atoms with van der Waals surface area (Å²) >= 11 is 1.56. The number of nitrogens with two attached hydrogens (primary N) is 1. The Labute approximate surface area is 171 Å². The van der Waals surface area contributed by atoms with Gasteiger partial charge in [-0.05, 0) is 61.7 Å². The first-order valence-electron chi connectivity index (χ1n) is 8.78. The van der Waals surface area contributed by atoms with Gasteiger partial charge in [0.1, 0.15) is 0 Å². The molecule has 1 unspecified atom stereocenters. The van der Waals surface area contributed by atoms with E-state index in [1.54, 1.807) is 42.5 Å². The second kappa shape index (κ2) is 8.66. The number of nitrogens with one attached hydrogen (secondary N) is 1. The number of primary amides is 1. The number of amides is 2. The van der Waals surface area contributed by atoms with Gasteiger partial charge in [-0.3, -0.25) is 14.6 Å². The van der Waals surface area contributed by atoms with Gasteiger partial charge in [0, 0.05) is 11.3 Å². The van der Waals surface area contributed by atoms with Crippen molar-refractivity contribution in [1.29, 1.82) is 0 Å². The fourth-order valence-electron chi connectivity index (χ4n) is 2.58. The highest BCUT2D eigenvalue weighted by Crippen LogP contribution is 2.24. The summed E-state index contributed by atoms with van der Waals surface area (Å²) in [5.41, 5.74) is 7.58. The van der Waals surface area contributed by atoms with Crippen LogP contribution in [0.1, 0.15) is 33.3 Å². The highest BCUT2D eigenvalue weighted by atomic mass is 32.1. The number of carbonyl (C=O) groups is 3. The Hall–Kier alpha value is -3.52. The van der Waals surface area contributed by atoms with E-state index in [0.29, 0.717) is 22.5 Å². The monoisotopic (exact) mass is 409 g/mol. The highest BCUT2D eigenvalue weighted by molar-refractivity contribution is 7.13. The molecule has 7 nitrogen and oxygen atoms in total. The van der Waals surface area contributed by atoms with Gasteiger partial charge in [0.2, 0.25) is 5.91 Å². The molecule has 8 heteroatoms. The van der Waals surface area contributed by atoms with Gasteiger partial charge in [-0.2, -0.15) is 0 Å². The van der Waals surface area contributed by atoms with Crippen molar-refractivity contribution in [3.05, 3.63) is 70.7 Å². The van der Waals surface area contributed by atoms with Crippen molar-refractivity contribution >= 4 is 34.8 Å². The minimum Gasteiger partial charge on any atom is -0.449 e. The van der Waals surface area contributed by atoms with Crippen molar-refractivity contribution in [3.8, 4) is 10.6 Å². The van der Waals surface area contributed by atoms with E-state index < -0.39 is 23.9 Å². The maximum atomic E-state index is 12.5.